The summed E-state index contributed by atoms with van der Waals surface area (Å²) in [5, 5.41) is 18.2. The van der Waals surface area contributed by atoms with Gasteiger partial charge in [0.15, 0.2) is 17.2 Å². The number of H-pyrrole nitrogens is 1. The molecule has 2 aromatic carbocycles. The van der Waals surface area contributed by atoms with Crippen LogP contribution in [0.25, 0.3) is 10.9 Å². The number of fused-ring (bicyclic) bond motifs is 1. The zero-order valence-electron chi connectivity index (χ0n) is 13.4. The van der Waals surface area contributed by atoms with Crippen molar-refractivity contribution < 1.29 is 19.4 Å². The van der Waals surface area contributed by atoms with Crippen molar-refractivity contribution in [2.24, 2.45) is 10.2 Å². The van der Waals surface area contributed by atoms with Crippen LogP contribution in [0.4, 0.5) is 5.69 Å². The zero-order chi connectivity index (χ0) is 18.0. The Morgan fingerprint density at radius 2 is 1.88 bits per heavy atom. The fraction of sp³-hybridized carbons (Fsp3) is 0.118. The van der Waals surface area contributed by atoms with Crippen molar-refractivity contribution in [3.05, 3.63) is 46.4 Å². The molecule has 0 bridgehead atoms. The minimum atomic E-state index is -0.565. The van der Waals surface area contributed by atoms with Crippen LogP contribution in [0, 0.1) is 0 Å². The molecule has 0 saturated heterocycles. The lowest BCUT2D eigenvalue weighted by atomic mass is 10.2. The van der Waals surface area contributed by atoms with Gasteiger partial charge in [0.2, 0.25) is 5.88 Å². The molecular formula is C17H14BrN3O4. The highest BCUT2D eigenvalue weighted by Gasteiger charge is 2.13. The van der Waals surface area contributed by atoms with Gasteiger partial charge in [0.1, 0.15) is 0 Å². The van der Waals surface area contributed by atoms with E-state index in [1.54, 1.807) is 24.3 Å². The molecule has 0 radical (unpaired) electrons. The van der Waals surface area contributed by atoms with Crippen LogP contribution in [0.5, 0.6) is 17.4 Å². The molecule has 128 valence electrons. The maximum absolute atomic E-state index is 12.3. The van der Waals surface area contributed by atoms with Crippen molar-refractivity contribution in [2.75, 3.05) is 14.2 Å². The van der Waals surface area contributed by atoms with Gasteiger partial charge in [0.25, 0.3) is 5.91 Å². The molecule has 0 fully saturated rings. The van der Waals surface area contributed by atoms with Crippen molar-refractivity contribution in [3.63, 3.8) is 0 Å². The van der Waals surface area contributed by atoms with Crippen molar-refractivity contribution in [2.45, 2.75) is 0 Å². The monoisotopic (exact) mass is 403 g/mol. The molecule has 7 nitrogen and oxygen atoms in total. The van der Waals surface area contributed by atoms with Gasteiger partial charge in [0, 0.05) is 15.4 Å². The van der Waals surface area contributed by atoms with Crippen LogP contribution in [0.2, 0.25) is 0 Å². The fourth-order valence-corrected chi connectivity index (χ4v) is 2.72. The Morgan fingerprint density at radius 3 is 2.60 bits per heavy atom. The van der Waals surface area contributed by atoms with E-state index in [0.29, 0.717) is 28.0 Å². The summed E-state index contributed by atoms with van der Waals surface area (Å²) in [5.74, 6) is 0.208. The third-order valence-electron chi connectivity index (χ3n) is 3.59. The molecule has 3 aromatic rings. The van der Waals surface area contributed by atoms with Gasteiger partial charge in [-0.15, -0.1) is 10.2 Å². The number of nitrogens with one attached hydrogen (secondary N) is 1. The van der Waals surface area contributed by atoms with Gasteiger partial charge < -0.3 is 19.6 Å². The first kappa shape index (κ1) is 17.0. The predicted molar refractivity (Wildman–Crippen MR) is 96.1 cm³/mol. The molecule has 0 atom stereocenters. The van der Waals surface area contributed by atoms with Crippen LogP contribution < -0.4 is 9.47 Å². The van der Waals surface area contributed by atoms with Crippen LogP contribution in [0.15, 0.2) is 51.1 Å². The Balaban J connectivity index is 1.93. The topological polar surface area (TPSA) is 96.3 Å². The lowest BCUT2D eigenvalue weighted by molar-refractivity contribution is 0.0994. The summed E-state index contributed by atoms with van der Waals surface area (Å²) in [6.45, 7) is 0. The van der Waals surface area contributed by atoms with Gasteiger partial charge in [-0.3, -0.25) is 4.79 Å². The number of aromatic amines is 1. The summed E-state index contributed by atoms with van der Waals surface area (Å²) in [4.78, 5) is 15.0. The number of aromatic nitrogens is 1. The number of hydrogen-bond acceptors (Lipinski definition) is 5. The van der Waals surface area contributed by atoms with Crippen LogP contribution in [0.1, 0.15) is 10.4 Å². The number of methoxy groups -OCH3 is 2. The Morgan fingerprint density at radius 1 is 1.12 bits per heavy atom. The summed E-state index contributed by atoms with van der Waals surface area (Å²) in [6.07, 6.45) is 0. The minimum absolute atomic E-state index is 0.156. The second-order valence-corrected chi connectivity index (χ2v) is 6.00. The summed E-state index contributed by atoms with van der Waals surface area (Å²) < 4.78 is 11.1. The van der Waals surface area contributed by atoms with Gasteiger partial charge in [-0.05, 0) is 36.4 Å². The van der Waals surface area contributed by atoms with Gasteiger partial charge in [-0.2, -0.15) is 0 Å². The number of hydrogen-bond donors (Lipinski definition) is 2. The average molecular weight is 404 g/mol. The third kappa shape index (κ3) is 3.34. The van der Waals surface area contributed by atoms with Crippen molar-refractivity contribution >= 4 is 38.4 Å². The number of amides is 1. The highest BCUT2D eigenvalue weighted by molar-refractivity contribution is 9.10. The molecule has 3 rings (SSSR count). The Bertz CT molecular complexity index is 981. The molecule has 8 heteroatoms. The first-order chi connectivity index (χ1) is 12.0. The molecule has 1 aromatic heterocycles. The van der Waals surface area contributed by atoms with E-state index in [0.717, 1.165) is 4.47 Å². The van der Waals surface area contributed by atoms with Crippen LogP contribution in [-0.2, 0) is 0 Å². The smallest absolute Gasteiger partial charge is 0.295 e. The Labute approximate surface area is 151 Å². The number of azo groups is 1. The molecule has 0 aliphatic heterocycles. The predicted octanol–water partition coefficient (Wildman–Crippen LogP) is 4.58. The van der Waals surface area contributed by atoms with E-state index in [-0.39, 0.29) is 11.6 Å². The van der Waals surface area contributed by atoms with Gasteiger partial charge >= 0.3 is 0 Å². The first-order valence-electron chi connectivity index (χ1n) is 7.21. The molecular weight excluding hydrogens is 390 g/mol. The second-order valence-electron chi connectivity index (χ2n) is 5.09. The minimum Gasteiger partial charge on any atom is -0.493 e. The van der Waals surface area contributed by atoms with Gasteiger partial charge in [0.05, 0.1) is 19.7 Å². The maximum atomic E-state index is 12.3. The van der Waals surface area contributed by atoms with E-state index >= 15 is 0 Å². The summed E-state index contributed by atoms with van der Waals surface area (Å²) >= 11 is 3.36. The standard InChI is InChI=1S/C17H14BrN3O4/c1-24-13-6-3-9(7-14(13)25-2)16(22)21-20-15-11-8-10(18)4-5-12(11)19-17(15)23/h3-8,19,23H,1-2H3. The van der Waals surface area contributed by atoms with Gasteiger partial charge in [-0.1, -0.05) is 15.9 Å². The number of carbonyl (C=O) groups excluding carboxylic acids is 1. The highest BCUT2D eigenvalue weighted by Crippen LogP contribution is 2.37. The zero-order valence-corrected chi connectivity index (χ0v) is 15.0. The highest BCUT2D eigenvalue weighted by atomic mass is 79.9. The average Bonchev–Trinajstić information content (AvgIpc) is 2.93. The summed E-state index contributed by atoms with van der Waals surface area (Å²) in [5.41, 5.74) is 1.18. The maximum Gasteiger partial charge on any atom is 0.295 e. The van der Waals surface area contributed by atoms with E-state index in [4.69, 9.17) is 9.47 Å². The third-order valence-corrected chi connectivity index (χ3v) is 4.08. The number of rotatable bonds is 4. The lowest BCUT2D eigenvalue weighted by Crippen LogP contribution is -1.97. The van der Waals surface area contributed by atoms with E-state index in [1.807, 2.05) is 6.07 Å². The van der Waals surface area contributed by atoms with Crippen molar-refractivity contribution in [1.82, 2.24) is 4.98 Å². The normalized spacial score (nSPS) is 11.2. The molecule has 1 amide bonds. The number of carbonyl (C=O) groups is 1. The fourth-order valence-electron chi connectivity index (χ4n) is 2.36. The van der Waals surface area contributed by atoms with E-state index in [9.17, 15) is 9.90 Å². The van der Waals surface area contributed by atoms with E-state index in [1.165, 1.54) is 20.3 Å². The largest absolute Gasteiger partial charge is 0.493 e. The Hall–Kier alpha value is -2.87. The molecule has 0 unspecified atom stereocenters. The number of ether oxygens (including phenoxy) is 2. The summed E-state index contributed by atoms with van der Waals surface area (Å²) in [6, 6.07) is 10.1. The quantitative estimate of drug-likeness (QED) is 0.623. The Kier molecular flexibility index (Phi) is 4.71. The molecule has 0 aliphatic carbocycles. The van der Waals surface area contributed by atoms with Crippen LogP contribution >= 0.6 is 15.9 Å². The van der Waals surface area contributed by atoms with Crippen LogP contribution in [-0.4, -0.2) is 30.2 Å². The second kappa shape index (κ2) is 6.94. The molecule has 1 heterocycles. The first-order valence-corrected chi connectivity index (χ1v) is 8.01. The van der Waals surface area contributed by atoms with Gasteiger partial charge in [-0.25, -0.2) is 0 Å². The number of aromatic hydroxyl groups is 1. The SMILES string of the molecule is COc1ccc(C(=O)N=Nc2c(O)[nH]c3ccc(Br)cc23)cc1OC. The summed E-state index contributed by atoms with van der Waals surface area (Å²) in [7, 11) is 2.99. The lowest BCUT2D eigenvalue weighted by Gasteiger charge is -2.07. The molecule has 2 N–H and O–H groups in total. The molecule has 0 saturated carbocycles. The van der Waals surface area contributed by atoms with E-state index in [2.05, 4.69) is 31.1 Å². The number of benzene rings is 2. The number of nitrogens with zero attached hydrogens (tertiary/aromatic N) is 2. The number of halogens is 1. The van der Waals surface area contributed by atoms with E-state index < -0.39 is 5.91 Å². The molecule has 0 spiro atoms. The van der Waals surface area contributed by atoms with Crippen LogP contribution in [0.3, 0.4) is 0 Å². The molecule has 0 aliphatic rings. The van der Waals surface area contributed by atoms with Crippen molar-refractivity contribution in [1.29, 1.82) is 0 Å². The molecule has 25 heavy (non-hydrogen) atoms. The van der Waals surface area contributed by atoms with Crippen molar-refractivity contribution in [3.8, 4) is 17.4 Å².